The molecular weight excluding hydrogens is 214 g/mol. The number of rotatable bonds is 7. The maximum absolute atomic E-state index is 11.4. The molecule has 0 aliphatic heterocycles. The molecule has 4 nitrogen and oxygen atoms in total. The molecule has 0 saturated heterocycles. The largest absolute Gasteiger partial charge is 0.367 e. The van der Waals surface area contributed by atoms with Crippen LogP contribution in [-0.2, 0) is 6.42 Å². The minimum atomic E-state index is -0.0832. The topological polar surface area (TPSA) is 57.8 Å². The summed E-state index contributed by atoms with van der Waals surface area (Å²) < 4.78 is 0. The van der Waals surface area contributed by atoms with Crippen LogP contribution in [0, 0.1) is 0 Å². The Labute approximate surface area is 103 Å². The Hall–Kier alpha value is -1.32. The van der Waals surface area contributed by atoms with E-state index in [0.717, 1.165) is 18.7 Å². The van der Waals surface area contributed by atoms with Crippen molar-refractivity contribution in [3.05, 3.63) is 22.2 Å². The lowest BCUT2D eigenvalue weighted by Crippen LogP contribution is -2.19. The number of unbranched alkanes of at least 4 members (excludes halogenated alkanes) is 2. The fraction of sp³-hybridized carbons (Fsp3) is 0.692. The summed E-state index contributed by atoms with van der Waals surface area (Å²) in [7, 11) is 0. The quantitative estimate of drug-likeness (QED) is 0.717. The molecule has 1 aromatic heterocycles. The molecular formula is C13H23N3O. The first-order valence-corrected chi connectivity index (χ1v) is 6.52. The Kier molecular flexibility index (Phi) is 5.73. The molecule has 1 heterocycles. The van der Waals surface area contributed by atoms with Crippen LogP contribution in [0.15, 0.2) is 10.9 Å². The van der Waals surface area contributed by atoms with Gasteiger partial charge >= 0.3 is 0 Å². The van der Waals surface area contributed by atoms with Crippen LogP contribution < -0.4 is 10.9 Å². The van der Waals surface area contributed by atoms with Crippen molar-refractivity contribution < 1.29 is 0 Å². The normalized spacial score (nSPS) is 12.4. The molecule has 96 valence electrons. The monoisotopic (exact) mass is 237 g/mol. The van der Waals surface area contributed by atoms with E-state index in [1.807, 2.05) is 6.92 Å². The molecule has 0 fully saturated rings. The van der Waals surface area contributed by atoms with Gasteiger partial charge in [0.1, 0.15) is 11.6 Å². The van der Waals surface area contributed by atoms with E-state index in [1.165, 1.54) is 25.3 Å². The zero-order chi connectivity index (χ0) is 12.7. The van der Waals surface area contributed by atoms with Crippen molar-refractivity contribution in [3.8, 4) is 0 Å². The predicted molar refractivity (Wildman–Crippen MR) is 71.5 cm³/mol. The molecule has 1 unspecified atom stereocenters. The molecule has 1 atom stereocenters. The molecule has 0 radical (unpaired) electrons. The number of aromatic amines is 1. The third-order valence-electron chi connectivity index (χ3n) is 2.76. The van der Waals surface area contributed by atoms with E-state index < -0.39 is 0 Å². The third-order valence-corrected chi connectivity index (χ3v) is 2.76. The Balaban J connectivity index is 2.55. The van der Waals surface area contributed by atoms with Crippen molar-refractivity contribution in [3.63, 3.8) is 0 Å². The molecule has 0 amide bonds. The van der Waals surface area contributed by atoms with E-state index in [-0.39, 0.29) is 5.56 Å². The summed E-state index contributed by atoms with van der Waals surface area (Å²) in [5.74, 6) is 1.43. The Morgan fingerprint density at radius 3 is 2.82 bits per heavy atom. The van der Waals surface area contributed by atoms with E-state index in [0.29, 0.717) is 11.9 Å². The fourth-order valence-electron chi connectivity index (χ4n) is 1.77. The minimum absolute atomic E-state index is 0.0832. The second-order valence-corrected chi connectivity index (χ2v) is 4.47. The number of H-pyrrole nitrogens is 1. The number of aromatic nitrogens is 2. The Bertz CT molecular complexity index is 386. The lowest BCUT2D eigenvalue weighted by Gasteiger charge is -2.14. The van der Waals surface area contributed by atoms with Crippen LogP contribution in [0.2, 0.25) is 0 Å². The average molecular weight is 237 g/mol. The molecule has 0 bridgehead atoms. The van der Waals surface area contributed by atoms with E-state index >= 15 is 0 Å². The van der Waals surface area contributed by atoms with Crippen LogP contribution in [0.1, 0.15) is 52.3 Å². The van der Waals surface area contributed by atoms with Crippen LogP contribution >= 0.6 is 0 Å². The third kappa shape index (κ3) is 5.02. The zero-order valence-electron chi connectivity index (χ0n) is 11.0. The van der Waals surface area contributed by atoms with Crippen LogP contribution in [0.3, 0.4) is 0 Å². The van der Waals surface area contributed by atoms with Gasteiger partial charge in [-0.2, -0.15) is 0 Å². The van der Waals surface area contributed by atoms with Crippen molar-refractivity contribution >= 4 is 5.82 Å². The van der Waals surface area contributed by atoms with Gasteiger partial charge in [-0.15, -0.1) is 0 Å². The summed E-state index contributed by atoms with van der Waals surface area (Å²) in [5, 5.41) is 3.29. The lowest BCUT2D eigenvalue weighted by atomic mass is 10.1. The van der Waals surface area contributed by atoms with Gasteiger partial charge in [-0.1, -0.05) is 33.1 Å². The second kappa shape index (κ2) is 7.09. The fourth-order valence-corrected chi connectivity index (χ4v) is 1.77. The van der Waals surface area contributed by atoms with Gasteiger partial charge in [0.05, 0.1) is 0 Å². The molecule has 0 spiro atoms. The Morgan fingerprint density at radius 2 is 2.18 bits per heavy atom. The number of aryl methyl sites for hydroxylation is 1. The standard InChI is InChI=1S/C13H23N3O/c1-4-6-7-8-10(3)14-12-9-13(17)16-11(5-2)15-12/h9-10H,4-8H2,1-3H3,(H2,14,15,16,17). The second-order valence-electron chi connectivity index (χ2n) is 4.47. The van der Waals surface area contributed by atoms with E-state index in [9.17, 15) is 4.79 Å². The average Bonchev–Trinajstić information content (AvgIpc) is 2.28. The molecule has 1 rings (SSSR count). The van der Waals surface area contributed by atoms with E-state index in [2.05, 4.69) is 29.1 Å². The molecule has 1 aromatic rings. The predicted octanol–water partition coefficient (Wildman–Crippen LogP) is 2.71. The molecule has 0 aliphatic rings. The SMILES string of the molecule is CCCCCC(C)Nc1cc(=O)[nH]c(CC)n1. The maximum Gasteiger partial charge on any atom is 0.252 e. The lowest BCUT2D eigenvalue weighted by molar-refractivity contribution is 0.613. The van der Waals surface area contributed by atoms with Gasteiger partial charge < -0.3 is 10.3 Å². The van der Waals surface area contributed by atoms with Gasteiger partial charge in [0, 0.05) is 18.5 Å². The summed E-state index contributed by atoms with van der Waals surface area (Å²) in [6.45, 7) is 6.31. The molecule has 0 aliphatic carbocycles. The number of nitrogens with zero attached hydrogens (tertiary/aromatic N) is 1. The van der Waals surface area contributed by atoms with Crippen LogP contribution in [-0.4, -0.2) is 16.0 Å². The first kappa shape index (κ1) is 13.7. The number of hydrogen-bond donors (Lipinski definition) is 2. The van der Waals surface area contributed by atoms with Gasteiger partial charge in [0.15, 0.2) is 0 Å². The number of hydrogen-bond acceptors (Lipinski definition) is 3. The van der Waals surface area contributed by atoms with E-state index in [1.54, 1.807) is 0 Å². The zero-order valence-corrected chi connectivity index (χ0v) is 11.0. The smallest absolute Gasteiger partial charge is 0.252 e. The highest BCUT2D eigenvalue weighted by Gasteiger charge is 2.04. The summed E-state index contributed by atoms with van der Waals surface area (Å²) >= 11 is 0. The number of anilines is 1. The highest BCUT2D eigenvalue weighted by atomic mass is 16.1. The molecule has 4 heteroatoms. The van der Waals surface area contributed by atoms with Crippen LogP contribution in [0.4, 0.5) is 5.82 Å². The van der Waals surface area contributed by atoms with Crippen molar-refractivity contribution in [2.45, 2.75) is 58.9 Å². The van der Waals surface area contributed by atoms with Gasteiger partial charge in [-0.05, 0) is 13.3 Å². The van der Waals surface area contributed by atoms with Crippen molar-refractivity contribution in [1.82, 2.24) is 9.97 Å². The Morgan fingerprint density at radius 1 is 1.41 bits per heavy atom. The minimum Gasteiger partial charge on any atom is -0.367 e. The highest BCUT2D eigenvalue weighted by molar-refractivity contribution is 5.33. The van der Waals surface area contributed by atoms with Gasteiger partial charge in [-0.3, -0.25) is 4.79 Å². The molecule has 0 aromatic carbocycles. The highest BCUT2D eigenvalue weighted by Crippen LogP contribution is 2.08. The summed E-state index contributed by atoms with van der Waals surface area (Å²) in [6.07, 6.45) is 5.57. The van der Waals surface area contributed by atoms with Crippen LogP contribution in [0.25, 0.3) is 0 Å². The summed E-state index contributed by atoms with van der Waals surface area (Å²) in [6, 6.07) is 1.88. The van der Waals surface area contributed by atoms with Crippen molar-refractivity contribution in [2.24, 2.45) is 0 Å². The molecule has 0 saturated carbocycles. The van der Waals surface area contributed by atoms with Crippen LogP contribution in [0.5, 0.6) is 0 Å². The van der Waals surface area contributed by atoms with Crippen molar-refractivity contribution in [1.29, 1.82) is 0 Å². The van der Waals surface area contributed by atoms with Gasteiger partial charge in [0.2, 0.25) is 0 Å². The summed E-state index contributed by atoms with van der Waals surface area (Å²) in [5.41, 5.74) is -0.0832. The molecule has 2 N–H and O–H groups in total. The van der Waals surface area contributed by atoms with Crippen molar-refractivity contribution in [2.75, 3.05) is 5.32 Å². The molecule has 17 heavy (non-hydrogen) atoms. The summed E-state index contributed by atoms with van der Waals surface area (Å²) in [4.78, 5) is 18.4. The van der Waals surface area contributed by atoms with Gasteiger partial charge in [0.25, 0.3) is 5.56 Å². The van der Waals surface area contributed by atoms with Gasteiger partial charge in [-0.25, -0.2) is 4.98 Å². The first-order chi connectivity index (χ1) is 8.15. The maximum atomic E-state index is 11.4. The van der Waals surface area contributed by atoms with E-state index in [4.69, 9.17) is 0 Å². The first-order valence-electron chi connectivity index (χ1n) is 6.52. The number of nitrogens with one attached hydrogen (secondary N) is 2.